The van der Waals surface area contributed by atoms with E-state index in [9.17, 15) is 4.79 Å². The third-order valence-electron chi connectivity index (χ3n) is 2.47. The van der Waals surface area contributed by atoms with Crippen molar-refractivity contribution in [1.82, 2.24) is 4.98 Å². The Morgan fingerprint density at radius 2 is 2.06 bits per heavy atom. The first kappa shape index (κ1) is 11.4. The molecular formula is C13H14N2O2. The van der Waals surface area contributed by atoms with Crippen LogP contribution in [0.1, 0.15) is 27.2 Å². The van der Waals surface area contributed by atoms with Gasteiger partial charge in [-0.3, -0.25) is 10.1 Å². The molecule has 88 valence electrons. The number of aromatic nitrogens is 1. The molecule has 1 aromatic carbocycles. The van der Waals surface area contributed by atoms with Crippen molar-refractivity contribution >= 4 is 11.9 Å². The van der Waals surface area contributed by atoms with E-state index < -0.39 is 0 Å². The van der Waals surface area contributed by atoms with E-state index in [0.29, 0.717) is 11.3 Å². The maximum absolute atomic E-state index is 11.9. The van der Waals surface area contributed by atoms with Gasteiger partial charge in [0, 0.05) is 5.56 Å². The summed E-state index contributed by atoms with van der Waals surface area (Å²) >= 11 is 0. The molecule has 2 aromatic rings. The van der Waals surface area contributed by atoms with Gasteiger partial charge in [-0.15, -0.1) is 0 Å². The molecule has 0 aliphatic heterocycles. The van der Waals surface area contributed by atoms with Crippen LogP contribution >= 0.6 is 0 Å². The lowest BCUT2D eigenvalue weighted by atomic mass is 10.1. The minimum Gasteiger partial charge on any atom is -0.429 e. The van der Waals surface area contributed by atoms with Gasteiger partial charge in [-0.2, -0.15) is 0 Å². The van der Waals surface area contributed by atoms with Gasteiger partial charge in [0.1, 0.15) is 5.76 Å². The van der Waals surface area contributed by atoms with Gasteiger partial charge < -0.3 is 4.42 Å². The summed E-state index contributed by atoms with van der Waals surface area (Å²) in [5.41, 5.74) is 2.70. The molecule has 1 amide bonds. The number of hydrogen-bond acceptors (Lipinski definition) is 3. The molecule has 0 aliphatic rings. The van der Waals surface area contributed by atoms with E-state index in [1.54, 1.807) is 19.2 Å². The predicted octanol–water partition coefficient (Wildman–Crippen LogP) is 2.85. The Balaban J connectivity index is 2.20. The second kappa shape index (κ2) is 4.41. The number of aryl methyl sites for hydroxylation is 3. The van der Waals surface area contributed by atoms with Crippen molar-refractivity contribution in [2.45, 2.75) is 20.8 Å². The second-order valence-corrected chi connectivity index (χ2v) is 4.05. The molecule has 0 unspecified atom stereocenters. The lowest BCUT2D eigenvalue weighted by molar-refractivity contribution is 0.102. The first-order chi connectivity index (χ1) is 8.06. The van der Waals surface area contributed by atoms with E-state index in [1.807, 2.05) is 26.0 Å². The number of anilines is 1. The predicted molar refractivity (Wildman–Crippen MR) is 65.1 cm³/mol. The summed E-state index contributed by atoms with van der Waals surface area (Å²) in [6, 6.07) is 5.90. The summed E-state index contributed by atoms with van der Waals surface area (Å²) in [4.78, 5) is 15.9. The Bertz CT molecular complexity index is 558. The van der Waals surface area contributed by atoms with Crippen LogP contribution in [0.3, 0.4) is 0 Å². The first-order valence-electron chi connectivity index (χ1n) is 5.37. The number of hydrogen-bond donors (Lipinski definition) is 1. The number of amides is 1. The third-order valence-corrected chi connectivity index (χ3v) is 2.47. The highest BCUT2D eigenvalue weighted by Gasteiger charge is 2.11. The zero-order chi connectivity index (χ0) is 12.4. The number of nitrogens with one attached hydrogen (secondary N) is 1. The Labute approximate surface area is 99.7 Å². The number of carbonyl (C=O) groups excluding carboxylic acids is 1. The number of rotatable bonds is 2. The average Bonchev–Trinajstić information content (AvgIpc) is 2.63. The lowest BCUT2D eigenvalue weighted by Gasteiger charge is -2.05. The molecule has 0 saturated heterocycles. The van der Waals surface area contributed by atoms with E-state index in [4.69, 9.17) is 4.42 Å². The van der Waals surface area contributed by atoms with E-state index in [-0.39, 0.29) is 11.9 Å². The van der Waals surface area contributed by atoms with Crippen LogP contribution in [-0.2, 0) is 0 Å². The first-order valence-corrected chi connectivity index (χ1v) is 5.37. The summed E-state index contributed by atoms with van der Waals surface area (Å²) in [5, 5.41) is 2.62. The van der Waals surface area contributed by atoms with Crippen LogP contribution < -0.4 is 5.32 Å². The van der Waals surface area contributed by atoms with Gasteiger partial charge in [0.25, 0.3) is 5.91 Å². The molecule has 0 saturated carbocycles. The number of oxazole rings is 1. The van der Waals surface area contributed by atoms with Crippen LogP contribution in [-0.4, -0.2) is 10.9 Å². The van der Waals surface area contributed by atoms with Crippen LogP contribution in [0, 0.1) is 20.8 Å². The topological polar surface area (TPSA) is 55.1 Å². The third kappa shape index (κ3) is 2.53. The molecule has 17 heavy (non-hydrogen) atoms. The van der Waals surface area contributed by atoms with E-state index in [1.165, 1.54) is 0 Å². The van der Waals surface area contributed by atoms with Gasteiger partial charge in [-0.1, -0.05) is 17.7 Å². The fourth-order valence-corrected chi connectivity index (χ4v) is 1.65. The molecule has 1 aromatic heterocycles. The van der Waals surface area contributed by atoms with Crippen molar-refractivity contribution in [2.24, 2.45) is 0 Å². The molecule has 1 N–H and O–H groups in total. The summed E-state index contributed by atoms with van der Waals surface area (Å²) in [7, 11) is 0. The normalized spacial score (nSPS) is 10.3. The number of carbonyl (C=O) groups is 1. The molecule has 0 spiro atoms. The lowest BCUT2D eigenvalue weighted by Crippen LogP contribution is -2.13. The van der Waals surface area contributed by atoms with Crippen molar-refractivity contribution in [1.29, 1.82) is 0 Å². The van der Waals surface area contributed by atoms with Crippen molar-refractivity contribution in [3.8, 4) is 0 Å². The van der Waals surface area contributed by atoms with Crippen LogP contribution in [0.4, 0.5) is 6.01 Å². The van der Waals surface area contributed by atoms with Crippen LogP contribution in [0.25, 0.3) is 0 Å². The van der Waals surface area contributed by atoms with Crippen LogP contribution in [0.2, 0.25) is 0 Å². The highest BCUT2D eigenvalue weighted by Crippen LogP contribution is 2.13. The van der Waals surface area contributed by atoms with Crippen LogP contribution in [0.15, 0.2) is 28.8 Å². The molecular weight excluding hydrogens is 216 g/mol. The summed E-state index contributed by atoms with van der Waals surface area (Å²) in [6.07, 6.45) is 1.57. The van der Waals surface area contributed by atoms with Crippen molar-refractivity contribution in [2.75, 3.05) is 5.32 Å². The van der Waals surface area contributed by atoms with E-state index in [2.05, 4.69) is 10.3 Å². The Morgan fingerprint density at radius 3 is 2.65 bits per heavy atom. The molecule has 0 bridgehead atoms. The standard InChI is InChI=1S/C13H14N2O2/c1-8-4-5-11(9(2)6-8)12(16)15-13-14-7-10(3)17-13/h4-7H,1-3H3,(H,14,15,16). The summed E-state index contributed by atoms with van der Waals surface area (Å²) < 4.78 is 5.20. The van der Waals surface area contributed by atoms with Crippen molar-refractivity contribution < 1.29 is 9.21 Å². The number of nitrogens with zero attached hydrogens (tertiary/aromatic N) is 1. The zero-order valence-electron chi connectivity index (χ0n) is 10.1. The highest BCUT2D eigenvalue weighted by molar-refractivity contribution is 6.04. The molecule has 0 aliphatic carbocycles. The zero-order valence-corrected chi connectivity index (χ0v) is 10.1. The monoisotopic (exact) mass is 230 g/mol. The van der Waals surface area contributed by atoms with E-state index >= 15 is 0 Å². The molecule has 0 atom stereocenters. The molecule has 4 heteroatoms. The quantitative estimate of drug-likeness (QED) is 0.863. The smallest absolute Gasteiger partial charge is 0.301 e. The second-order valence-electron chi connectivity index (χ2n) is 4.05. The van der Waals surface area contributed by atoms with Crippen molar-refractivity contribution in [3.63, 3.8) is 0 Å². The largest absolute Gasteiger partial charge is 0.429 e. The molecule has 1 heterocycles. The Kier molecular flexibility index (Phi) is 2.95. The van der Waals surface area contributed by atoms with Gasteiger partial charge in [-0.25, -0.2) is 4.98 Å². The fourth-order valence-electron chi connectivity index (χ4n) is 1.65. The SMILES string of the molecule is Cc1ccc(C(=O)Nc2ncc(C)o2)c(C)c1. The maximum atomic E-state index is 11.9. The molecule has 0 radical (unpaired) electrons. The number of benzene rings is 1. The van der Waals surface area contributed by atoms with Gasteiger partial charge in [0.15, 0.2) is 0 Å². The summed E-state index contributed by atoms with van der Waals surface area (Å²) in [6.45, 7) is 5.68. The summed E-state index contributed by atoms with van der Waals surface area (Å²) in [5.74, 6) is 0.463. The molecule has 2 rings (SSSR count). The van der Waals surface area contributed by atoms with Gasteiger partial charge in [0.05, 0.1) is 6.20 Å². The molecule has 4 nitrogen and oxygen atoms in total. The fraction of sp³-hybridized carbons (Fsp3) is 0.231. The minimum atomic E-state index is -0.204. The van der Waals surface area contributed by atoms with Gasteiger partial charge in [-0.05, 0) is 32.4 Å². The minimum absolute atomic E-state index is 0.204. The average molecular weight is 230 g/mol. The van der Waals surface area contributed by atoms with Crippen LogP contribution in [0.5, 0.6) is 0 Å². The molecule has 0 fully saturated rings. The van der Waals surface area contributed by atoms with Gasteiger partial charge >= 0.3 is 6.01 Å². The maximum Gasteiger partial charge on any atom is 0.301 e. The Hall–Kier alpha value is -2.10. The van der Waals surface area contributed by atoms with Crippen molar-refractivity contribution in [3.05, 3.63) is 46.8 Å². The highest BCUT2D eigenvalue weighted by atomic mass is 16.4. The Morgan fingerprint density at radius 1 is 1.29 bits per heavy atom. The van der Waals surface area contributed by atoms with Gasteiger partial charge in [0.2, 0.25) is 0 Å². The van der Waals surface area contributed by atoms with E-state index in [0.717, 1.165) is 11.1 Å².